The Hall–Kier alpha value is -2.99. The van der Waals surface area contributed by atoms with Gasteiger partial charge in [0.2, 0.25) is 5.43 Å². The number of pyridine rings is 1. The molecular formula is C25H28FNO4. The number of carbonyl (C=O) groups excluding carboxylic acids is 1. The minimum absolute atomic E-state index is 0.0378. The molecule has 1 atom stereocenters. The summed E-state index contributed by atoms with van der Waals surface area (Å²) in [6.45, 7) is 5.69. The maximum Gasteiger partial charge on any atom is 0.343 e. The Morgan fingerprint density at radius 2 is 1.74 bits per heavy atom. The molecule has 0 spiro atoms. The number of nitrogens with zero attached hydrogens (tertiary/aromatic N) is 1. The number of aliphatic hydroxyl groups excluding tert-OH is 1. The van der Waals surface area contributed by atoms with E-state index in [2.05, 4.69) is 0 Å². The van der Waals surface area contributed by atoms with Gasteiger partial charge in [-0.05, 0) is 61.1 Å². The van der Waals surface area contributed by atoms with Gasteiger partial charge in [0.25, 0.3) is 0 Å². The fourth-order valence-corrected chi connectivity index (χ4v) is 3.75. The van der Waals surface area contributed by atoms with Gasteiger partial charge < -0.3 is 14.4 Å². The van der Waals surface area contributed by atoms with Crippen LogP contribution in [0.3, 0.4) is 0 Å². The average Bonchev–Trinajstić information content (AvgIpc) is 2.75. The van der Waals surface area contributed by atoms with Crippen LogP contribution in [-0.4, -0.2) is 28.9 Å². The van der Waals surface area contributed by atoms with E-state index in [1.165, 1.54) is 18.3 Å². The predicted molar refractivity (Wildman–Crippen MR) is 119 cm³/mol. The first kappa shape index (κ1) is 22.7. The Balaban J connectivity index is 2.07. The average molecular weight is 426 g/mol. The first-order chi connectivity index (χ1) is 14.8. The minimum Gasteiger partial charge on any atom is -0.462 e. The second-order valence-corrected chi connectivity index (χ2v) is 7.97. The summed E-state index contributed by atoms with van der Waals surface area (Å²) in [6, 6.07) is 11.7. The van der Waals surface area contributed by atoms with E-state index in [0.29, 0.717) is 23.7 Å². The molecule has 0 fully saturated rings. The molecule has 1 heterocycles. The van der Waals surface area contributed by atoms with Gasteiger partial charge in [-0.3, -0.25) is 4.79 Å². The first-order valence-electron chi connectivity index (χ1n) is 10.6. The molecule has 3 rings (SSSR count). The molecule has 0 radical (unpaired) electrons. The molecule has 0 aliphatic carbocycles. The zero-order chi connectivity index (χ0) is 22.5. The Bertz CT molecular complexity index is 1120. The van der Waals surface area contributed by atoms with Crippen LogP contribution in [0.5, 0.6) is 0 Å². The van der Waals surface area contributed by atoms with Crippen molar-refractivity contribution in [2.45, 2.75) is 39.7 Å². The summed E-state index contributed by atoms with van der Waals surface area (Å²) < 4.78 is 20.0. The van der Waals surface area contributed by atoms with Crippen molar-refractivity contribution in [2.24, 2.45) is 5.92 Å². The van der Waals surface area contributed by atoms with Crippen molar-refractivity contribution in [1.82, 2.24) is 4.57 Å². The normalized spacial score (nSPS) is 12.3. The van der Waals surface area contributed by atoms with Crippen molar-refractivity contribution in [3.8, 4) is 0 Å². The molecule has 164 valence electrons. The van der Waals surface area contributed by atoms with Gasteiger partial charge in [-0.1, -0.05) is 32.0 Å². The van der Waals surface area contributed by atoms with Gasteiger partial charge in [0.15, 0.2) is 0 Å². The van der Waals surface area contributed by atoms with Crippen LogP contribution in [0.15, 0.2) is 53.5 Å². The number of carbonyl (C=O) groups is 1. The van der Waals surface area contributed by atoms with Crippen LogP contribution in [-0.2, 0) is 17.6 Å². The lowest BCUT2D eigenvalue weighted by molar-refractivity contribution is 0.0523. The molecule has 1 aromatic heterocycles. The molecule has 0 saturated heterocycles. The van der Waals surface area contributed by atoms with Crippen molar-refractivity contribution >= 4 is 16.9 Å². The third kappa shape index (κ3) is 5.02. The van der Waals surface area contributed by atoms with E-state index >= 15 is 0 Å². The van der Waals surface area contributed by atoms with Gasteiger partial charge in [0.1, 0.15) is 11.4 Å². The van der Waals surface area contributed by atoms with Crippen LogP contribution in [0, 0.1) is 11.7 Å². The zero-order valence-corrected chi connectivity index (χ0v) is 18.1. The molecule has 0 aliphatic rings. The van der Waals surface area contributed by atoms with E-state index in [1.807, 2.05) is 26.0 Å². The molecule has 6 heteroatoms. The summed E-state index contributed by atoms with van der Waals surface area (Å²) >= 11 is 0. The van der Waals surface area contributed by atoms with Crippen molar-refractivity contribution in [3.05, 3.63) is 81.4 Å². The second kappa shape index (κ2) is 9.88. The van der Waals surface area contributed by atoms with Crippen LogP contribution in [0.4, 0.5) is 4.39 Å². The summed E-state index contributed by atoms with van der Waals surface area (Å²) in [4.78, 5) is 25.6. The van der Waals surface area contributed by atoms with Crippen molar-refractivity contribution in [3.63, 3.8) is 0 Å². The highest BCUT2D eigenvalue weighted by Crippen LogP contribution is 2.24. The Labute approximate surface area is 181 Å². The number of aryl methyl sites for hydroxylation is 2. The standard InChI is InChI=1S/C25H28FNO4/c1-4-31-25(30)21-14-27(23(15-28)16(2)3)22-12-9-18(13-20(22)24(21)29)6-5-17-7-10-19(26)11-8-17/h7-14,16,23,28H,4-6,15H2,1-3H3/t23-/m1/s1. The third-order valence-electron chi connectivity index (χ3n) is 5.52. The molecular weight excluding hydrogens is 397 g/mol. The number of fused-ring (bicyclic) bond motifs is 1. The molecule has 0 aliphatic heterocycles. The number of hydrogen-bond acceptors (Lipinski definition) is 4. The lowest BCUT2D eigenvalue weighted by Gasteiger charge is -2.25. The number of esters is 1. The van der Waals surface area contributed by atoms with E-state index in [4.69, 9.17) is 4.74 Å². The zero-order valence-electron chi connectivity index (χ0n) is 18.1. The lowest BCUT2D eigenvalue weighted by Crippen LogP contribution is -2.26. The molecule has 31 heavy (non-hydrogen) atoms. The SMILES string of the molecule is CCOC(=O)c1cn([C@H](CO)C(C)C)c2ccc(CCc3ccc(F)cc3)cc2c1=O. The summed E-state index contributed by atoms with van der Waals surface area (Å²) in [7, 11) is 0. The third-order valence-corrected chi connectivity index (χ3v) is 5.52. The van der Waals surface area contributed by atoms with E-state index in [9.17, 15) is 19.1 Å². The summed E-state index contributed by atoms with van der Waals surface area (Å²) in [6.07, 6.45) is 2.86. The van der Waals surface area contributed by atoms with Crippen LogP contribution < -0.4 is 5.43 Å². The topological polar surface area (TPSA) is 68.5 Å². The number of aromatic nitrogens is 1. The molecule has 1 N–H and O–H groups in total. The summed E-state index contributed by atoms with van der Waals surface area (Å²) in [5, 5.41) is 10.4. The molecule has 0 amide bonds. The van der Waals surface area contributed by atoms with Gasteiger partial charge in [-0.25, -0.2) is 9.18 Å². The van der Waals surface area contributed by atoms with Gasteiger partial charge in [-0.15, -0.1) is 0 Å². The van der Waals surface area contributed by atoms with Gasteiger partial charge >= 0.3 is 5.97 Å². The summed E-state index contributed by atoms with van der Waals surface area (Å²) in [5.41, 5.74) is 2.18. The number of halogens is 1. The molecule has 0 unspecified atom stereocenters. The van der Waals surface area contributed by atoms with Crippen LogP contribution in [0.25, 0.3) is 10.9 Å². The fraction of sp³-hybridized carbons (Fsp3) is 0.360. The van der Waals surface area contributed by atoms with Crippen LogP contribution in [0.1, 0.15) is 48.3 Å². The predicted octanol–water partition coefficient (Wildman–Crippen LogP) is 4.29. The Morgan fingerprint density at radius 3 is 2.35 bits per heavy atom. The first-order valence-corrected chi connectivity index (χ1v) is 10.6. The number of benzene rings is 2. The quantitative estimate of drug-likeness (QED) is 0.547. The largest absolute Gasteiger partial charge is 0.462 e. The highest BCUT2D eigenvalue weighted by atomic mass is 19.1. The van der Waals surface area contributed by atoms with E-state index in [0.717, 1.165) is 11.1 Å². The van der Waals surface area contributed by atoms with E-state index in [-0.39, 0.29) is 42.0 Å². The highest BCUT2D eigenvalue weighted by molar-refractivity contribution is 5.94. The van der Waals surface area contributed by atoms with Gasteiger partial charge in [-0.2, -0.15) is 0 Å². The number of rotatable bonds is 8. The monoisotopic (exact) mass is 425 g/mol. The van der Waals surface area contributed by atoms with E-state index < -0.39 is 5.97 Å². The highest BCUT2D eigenvalue weighted by Gasteiger charge is 2.22. The van der Waals surface area contributed by atoms with Crippen molar-refractivity contribution < 1.29 is 19.0 Å². The van der Waals surface area contributed by atoms with Crippen molar-refractivity contribution in [1.29, 1.82) is 0 Å². The molecule has 5 nitrogen and oxygen atoms in total. The molecule has 2 aromatic carbocycles. The van der Waals surface area contributed by atoms with Crippen molar-refractivity contribution in [2.75, 3.05) is 13.2 Å². The summed E-state index contributed by atoms with van der Waals surface area (Å²) in [5.74, 6) is -0.852. The minimum atomic E-state index is -0.666. The molecule has 3 aromatic rings. The second-order valence-electron chi connectivity index (χ2n) is 7.97. The van der Waals surface area contributed by atoms with Gasteiger partial charge in [0, 0.05) is 11.6 Å². The number of aliphatic hydroxyl groups is 1. The number of ether oxygens (including phenoxy) is 1. The molecule has 0 bridgehead atoms. The lowest BCUT2D eigenvalue weighted by atomic mass is 9.99. The van der Waals surface area contributed by atoms with E-state index in [1.54, 1.807) is 29.7 Å². The van der Waals surface area contributed by atoms with Crippen LogP contribution >= 0.6 is 0 Å². The Morgan fingerprint density at radius 1 is 1.10 bits per heavy atom. The number of hydrogen-bond donors (Lipinski definition) is 1. The maximum absolute atomic E-state index is 13.1. The fourth-order valence-electron chi connectivity index (χ4n) is 3.75. The maximum atomic E-state index is 13.1. The Kier molecular flexibility index (Phi) is 7.23. The van der Waals surface area contributed by atoms with Gasteiger partial charge in [0.05, 0.1) is 24.8 Å². The van der Waals surface area contributed by atoms with Crippen LogP contribution in [0.2, 0.25) is 0 Å². The smallest absolute Gasteiger partial charge is 0.343 e. The molecule has 0 saturated carbocycles.